The Bertz CT molecular complexity index is 202. The molecule has 0 aromatic carbocycles. The largest absolute Gasteiger partial charge is 0.325 e. The van der Waals surface area contributed by atoms with E-state index in [1.165, 1.54) is 0 Å². The van der Waals surface area contributed by atoms with Crippen LogP contribution in [0.3, 0.4) is 0 Å². The first-order valence-electron chi connectivity index (χ1n) is 4.16. The fourth-order valence-corrected chi connectivity index (χ4v) is 0.0559. The van der Waals surface area contributed by atoms with Gasteiger partial charge in [-0.05, 0) is 11.8 Å². The molecule has 0 aromatic rings. The molecule has 0 saturated carbocycles. The van der Waals surface area contributed by atoms with Gasteiger partial charge in [-0.3, -0.25) is 0 Å². The highest BCUT2D eigenvalue weighted by atomic mass is 32.9. The van der Waals surface area contributed by atoms with E-state index in [0.29, 0.717) is 0 Å². The van der Waals surface area contributed by atoms with Crippen molar-refractivity contribution in [2.45, 2.75) is 0 Å². The quantitative estimate of drug-likeness (QED) is 0.492. The van der Waals surface area contributed by atoms with Crippen molar-refractivity contribution in [2.75, 3.05) is 14.1 Å². The zero-order valence-corrected chi connectivity index (χ0v) is 5.72. The van der Waals surface area contributed by atoms with Crippen LogP contribution in [0.4, 0.5) is 0 Å². The van der Waals surface area contributed by atoms with Crippen molar-refractivity contribution in [3.63, 3.8) is 0 Å². The summed E-state index contributed by atoms with van der Waals surface area (Å²) in [6, 6.07) is 0. The van der Waals surface area contributed by atoms with Crippen LogP contribution < -0.4 is 0 Å². The molecule has 0 amide bonds. The van der Waals surface area contributed by atoms with Crippen molar-refractivity contribution in [1.82, 2.24) is 0 Å². The van der Waals surface area contributed by atoms with Crippen molar-refractivity contribution in [1.29, 1.82) is 0 Å². The molecule has 0 saturated heterocycles. The molecule has 0 aliphatic heterocycles. The van der Waals surface area contributed by atoms with E-state index < -0.39 is 19.8 Å². The van der Waals surface area contributed by atoms with E-state index in [1.54, 1.807) is 0 Å². The first-order chi connectivity index (χ1) is 5.41. The Morgan fingerprint density at radius 1 is 1.71 bits per heavy atom. The topological polar surface area (TPSA) is 18.5 Å². The minimum absolute atomic E-state index is 2.80. The highest BCUT2D eigenvalue weighted by Gasteiger charge is 2.04. The van der Waals surface area contributed by atoms with Gasteiger partial charge in [0.05, 0.1) is 8.22 Å². The van der Waals surface area contributed by atoms with Crippen LogP contribution in [0.25, 0.3) is 0 Å². The number of hydrogen-bond donors (Lipinski definition) is 1. The lowest BCUT2D eigenvalue weighted by Crippen LogP contribution is -1.76. The van der Waals surface area contributed by atoms with Gasteiger partial charge in [-0.15, -0.1) is 0 Å². The van der Waals surface area contributed by atoms with Gasteiger partial charge in [-0.25, -0.2) is 0 Å². The van der Waals surface area contributed by atoms with Crippen LogP contribution in [0.15, 0.2) is 0 Å². The minimum Gasteiger partial charge on any atom is -0.325 e. The molecule has 0 N–H and O–H groups in total. The van der Waals surface area contributed by atoms with Gasteiger partial charge in [-0.1, -0.05) is 12.2 Å². The summed E-state index contributed by atoms with van der Waals surface area (Å²) in [7, 11) is -5.61. The highest BCUT2D eigenvalue weighted by Crippen LogP contribution is 2.51. The highest BCUT2D eigenvalue weighted by molar-refractivity contribution is 8.60. The minimum atomic E-state index is -3.53. The molecule has 5 heteroatoms. The second kappa shape index (κ2) is 3.05. The standard InChI is InChI=1S/C2H7O2PS2/c1-3-5(6,7)4-2/h1-2H3,(H,6,7)/i1D3,2D3. The summed E-state index contributed by atoms with van der Waals surface area (Å²) >= 11 is 7.99. The van der Waals surface area contributed by atoms with Gasteiger partial charge in [-0.2, -0.15) is 0 Å². The predicted octanol–water partition coefficient (Wildman–Crippen LogP) is 1.43. The zero-order valence-electron chi connectivity index (χ0n) is 9.12. The maximum absolute atomic E-state index is 6.65. The Balaban J connectivity index is 4.35. The van der Waals surface area contributed by atoms with E-state index in [4.69, 9.17) is 8.22 Å². The SMILES string of the molecule is [2H]C([2H])([2H])OP(=S)(S)OC([2H])([2H])[2H]. The summed E-state index contributed by atoms with van der Waals surface area (Å²) < 4.78 is 48.3. The molecule has 0 bridgehead atoms. The molecule has 0 unspecified atom stereocenters. The lowest BCUT2D eigenvalue weighted by atomic mass is 11.8. The summed E-state index contributed by atoms with van der Waals surface area (Å²) in [5.74, 6) is 0. The van der Waals surface area contributed by atoms with Crippen molar-refractivity contribution in [3.05, 3.63) is 0 Å². The van der Waals surface area contributed by atoms with Crippen LogP contribution in [0.1, 0.15) is 8.22 Å². The lowest BCUT2D eigenvalue weighted by Gasteiger charge is -2.07. The van der Waals surface area contributed by atoms with Crippen LogP contribution in [-0.4, -0.2) is 14.1 Å². The first-order valence-corrected chi connectivity index (χ1v) is 4.95. The monoisotopic (exact) mass is 164 g/mol. The summed E-state index contributed by atoms with van der Waals surface area (Å²) in [6.07, 6.45) is 0. The number of rotatable bonds is 2. The molecule has 0 radical (unpaired) electrons. The van der Waals surface area contributed by atoms with Crippen molar-refractivity contribution >= 4 is 29.7 Å². The van der Waals surface area contributed by atoms with Crippen LogP contribution in [0.2, 0.25) is 0 Å². The zero-order chi connectivity index (χ0) is 10.9. The predicted molar refractivity (Wildman–Crippen MR) is 37.3 cm³/mol. The van der Waals surface area contributed by atoms with Gasteiger partial charge in [0.1, 0.15) is 0 Å². The van der Waals surface area contributed by atoms with Crippen molar-refractivity contribution in [2.24, 2.45) is 0 Å². The normalized spacial score (nSPS) is 28.1. The Morgan fingerprint density at radius 3 is 2.43 bits per heavy atom. The molecule has 0 rings (SSSR count). The first kappa shape index (κ1) is 2.27. The summed E-state index contributed by atoms with van der Waals surface area (Å²) in [6.45, 7) is 0. The molecule has 2 nitrogen and oxygen atoms in total. The van der Waals surface area contributed by atoms with Crippen LogP contribution in [0, 0.1) is 0 Å². The van der Waals surface area contributed by atoms with Gasteiger partial charge in [0.15, 0.2) is 0 Å². The van der Waals surface area contributed by atoms with E-state index in [1.807, 2.05) is 0 Å². The lowest BCUT2D eigenvalue weighted by molar-refractivity contribution is 0.354. The van der Waals surface area contributed by atoms with Crippen molar-refractivity contribution < 1.29 is 17.3 Å². The molecule has 44 valence electrons. The molecule has 0 aliphatic rings. The molecule has 7 heavy (non-hydrogen) atoms. The van der Waals surface area contributed by atoms with Crippen molar-refractivity contribution in [3.8, 4) is 0 Å². The third-order valence-electron chi connectivity index (χ3n) is 0.231. The molecular weight excluding hydrogens is 151 g/mol. The fraction of sp³-hybridized carbons (Fsp3) is 1.00. The maximum Gasteiger partial charge on any atom is 0.243 e. The van der Waals surface area contributed by atoms with Gasteiger partial charge in [0.25, 0.3) is 0 Å². The second-order valence-electron chi connectivity index (χ2n) is 0.651. The van der Waals surface area contributed by atoms with Gasteiger partial charge < -0.3 is 9.05 Å². The molecule has 0 fully saturated rings. The molecule has 0 heterocycles. The van der Waals surface area contributed by atoms with E-state index in [2.05, 4.69) is 33.1 Å². The smallest absolute Gasteiger partial charge is 0.243 e. The Kier molecular flexibility index (Phi) is 0.989. The third-order valence-corrected chi connectivity index (χ3v) is 1.63. The molecule has 0 spiro atoms. The molecule has 0 atom stereocenters. The average molecular weight is 164 g/mol. The average Bonchev–Trinajstić information content (AvgIpc) is 1.43. The van der Waals surface area contributed by atoms with Gasteiger partial charge in [0, 0.05) is 14.1 Å². The van der Waals surface area contributed by atoms with Crippen LogP contribution in [0.5, 0.6) is 0 Å². The maximum atomic E-state index is 6.65. The Hall–Kier alpha value is 0.920. The second-order valence-corrected chi connectivity index (χ2v) is 5.79. The molecule has 0 aromatic heterocycles. The van der Waals surface area contributed by atoms with Gasteiger partial charge >= 0.3 is 0 Å². The van der Waals surface area contributed by atoms with Crippen LogP contribution >= 0.6 is 17.9 Å². The van der Waals surface area contributed by atoms with E-state index in [0.717, 1.165) is 0 Å². The third kappa shape index (κ3) is 3.50. The van der Waals surface area contributed by atoms with E-state index >= 15 is 0 Å². The van der Waals surface area contributed by atoms with Crippen LogP contribution in [-0.2, 0) is 20.9 Å². The molecular formula is C2H7O2PS2. The Labute approximate surface area is 62.0 Å². The number of thiol groups is 1. The fourth-order valence-electron chi connectivity index (χ4n) is 0.0186. The summed E-state index contributed by atoms with van der Waals surface area (Å²) in [5.41, 5.74) is -3.53. The van der Waals surface area contributed by atoms with Gasteiger partial charge in [0.2, 0.25) is 5.69 Å². The summed E-state index contributed by atoms with van der Waals surface area (Å²) in [4.78, 5) is 0. The van der Waals surface area contributed by atoms with E-state index in [-0.39, 0.29) is 0 Å². The summed E-state index contributed by atoms with van der Waals surface area (Å²) in [5, 5.41) is 0. The van der Waals surface area contributed by atoms with E-state index in [9.17, 15) is 0 Å². The Morgan fingerprint density at radius 2 is 2.14 bits per heavy atom. The number of hydrogen-bond acceptors (Lipinski definition) is 3. The molecule has 0 aliphatic carbocycles.